The molecule has 2 N–H and O–H groups in total. The fourth-order valence-electron chi connectivity index (χ4n) is 2.97. The molecule has 10 heteroatoms. The molecular weight excluding hydrogens is 438 g/mol. The molecule has 31 heavy (non-hydrogen) atoms. The number of sulfonamides is 2. The smallest absolute Gasteiger partial charge is 0.261 e. The van der Waals surface area contributed by atoms with Crippen LogP contribution < -0.4 is 15.0 Å². The number of rotatable bonds is 8. The molecule has 2 aromatic carbocycles. The van der Waals surface area contributed by atoms with E-state index in [0.29, 0.717) is 12.2 Å². The number of nitrogens with one attached hydrogen (secondary N) is 2. The molecule has 0 saturated heterocycles. The summed E-state index contributed by atoms with van der Waals surface area (Å²) in [5, 5.41) is 0. The monoisotopic (exact) mass is 459 g/mol. The second-order valence-electron chi connectivity index (χ2n) is 7.34. The van der Waals surface area contributed by atoms with Crippen LogP contribution >= 0.6 is 0 Å². The van der Waals surface area contributed by atoms with Crippen molar-refractivity contribution in [2.45, 2.75) is 35.2 Å². The number of pyridine rings is 1. The summed E-state index contributed by atoms with van der Waals surface area (Å²) in [5.74, 6) is 0. The van der Waals surface area contributed by atoms with E-state index in [2.05, 4.69) is 9.44 Å². The second kappa shape index (κ2) is 8.29. The van der Waals surface area contributed by atoms with Gasteiger partial charge in [-0.05, 0) is 60.9 Å². The van der Waals surface area contributed by atoms with Crippen LogP contribution in [0.15, 0.2) is 87.5 Å². The van der Waals surface area contributed by atoms with Crippen molar-refractivity contribution in [3.63, 3.8) is 0 Å². The molecule has 8 nitrogen and oxygen atoms in total. The first kappa shape index (κ1) is 21.3. The fraction of sp³-hybridized carbons (Fsp3) is 0.190. The van der Waals surface area contributed by atoms with Crippen molar-refractivity contribution in [1.82, 2.24) is 9.29 Å². The highest BCUT2D eigenvalue weighted by Gasteiger charge is 2.28. The van der Waals surface area contributed by atoms with Gasteiger partial charge in [0.15, 0.2) is 0 Å². The Balaban J connectivity index is 1.45. The van der Waals surface area contributed by atoms with E-state index in [1.165, 1.54) is 30.3 Å². The van der Waals surface area contributed by atoms with Gasteiger partial charge in [-0.15, -0.1) is 0 Å². The SMILES string of the molecule is O=c1ccccn1Cc1ccc(NS(=O)(=O)c2ccc(S(=O)(=O)NC3CC3)cc2)cc1. The lowest BCUT2D eigenvalue weighted by atomic mass is 10.2. The summed E-state index contributed by atoms with van der Waals surface area (Å²) in [4.78, 5) is 11.8. The third kappa shape index (κ3) is 5.22. The molecule has 1 fully saturated rings. The van der Waals surface area contributed by atoms with Crippen molar-refractivity contribution in [2.24, 2.45) is 0 Å². The molecule has 0 radical (unpaired) electrons. The van der Waals surface area contributed by atoms with Gasteiger partial charge in [0, 0.05) is 24.0 Å². The van der Waals surface area contributed by atoms with Crippen LogP contribution in [-0.4, -0.2) is 27.4 Å². The number of benzene rings is 2. The highest BCUT2D eigenvalue weighted by atomic mass is 32.2. The van der Waals surface area contributed by atoms with Gasteiger partial charge < -0.3 is 4.57 Å². The molecule has 3 aromatic rings. The third-order valence-corrected chi connectivity index (χ3v) is 7.74. The van der Waals surface area contributed by atoms with Crippen molar-refractivity contribution in [1.29, 1.82) is 0 Å². The predicted molar refractivity (Wildman–Crippen MR) is 117 cm³/mol. The normalized spacial score (nSPS) is 14.3. The highest BCUT2D eigenvalue weighted by Crippen LogP contribution is 2.23. The van der Waals surface area contributed by atoms with Gasteiger partial charge in [-0.2, -0.15) is 0 Å². The number of nitrogens with zero attached hydrogens (tertiary/aromatic N) is 1. The summed E-state index contributed by atoms with van der Waals surface area (Å²) in [6.07, 6.45) is 3.32. The van der Waals surface area contributed by atoms with Crippen LogP contribution in [-0.2, 0) is 26.6 Å². The van der Waals surface area contributed by atoms with Crippen molar-refractivity contribution in [3.8, 4) is 0 Å². The second-order valence-corrected chi connectivity index (χ2v) is 10.7. The Hall–Kier alpha value is -2.95. The van der Waals surface area contributed by atoms with Gasteiger partial charge in [-0.3, -0.25) is 9.52 Å². The van der Waals surface area contributed by atoms with Crippen LogP contribution in [0.3, 0.4) is 0 Å². The van der Waals surface area contributed by atoms with Crippen LogP contribution in [0.4, 0.5) is 5.69 Å². The van der Waals surface area contributed by atoms with E-state index in [4.69, 9.17) is 0 Å². The average Bonchev–Trinajstić information content (AvgIpc) is 3.54. The molecule has 0 atom stereocenters. The first-order chi connectivity index (χ1) is 14.7. The van der Waals surface area contributed by atoms with Crippen molar-refractivity contribution >= 4 is 25.7 Å². The summed E-state index contributed by atoms with van der Waals surface area (Å²) in [6.45, 7) is 0.373. The lowest BCUT2D eigenvalue weighted by molar-refractivity contribution is 0.580. The van der Waals surface area contributed by atoms with E-state index in [1.807, 2.05) is 0 Å². The van der Waals surface area contributed by atoms with Gasteiger partial charge in [0.25, 0.3) is 15.6 Å². The fourth-order valence-corrected chi connectivity index (χ4v) is 5.33. The van der Waals surface area contributed by atoms with Crippen LogP contribution in [0, 0.1) is 0 Å². The lowest BCUT2D eigenvalue weighted by Gasteiger charge is -2.11. The molecule has 0 amide bonds. The predicted octanol–water partition coefficient (Wildman–Crippen LogP) is 2.14. The highest BCUT2D eigenvalue weighted by molar-refractivity contribution is 7.92. The topological polar surface area (TPSA) is 114 Å². The maximum atomic E-state index is 12.6. The van der Waals surface area contributed by atoms with E-state index < -0.39 is 20.0 Å². The molecule has 0 unspecified atom stereocenters. The number of aromatic nitrogens is 1. The Kier molecular flexibility index (Phi) is 5.69. The van der Waals surface area contributed by atoms with Gasteiger partial charge >= 0.3 is 0 Å². The van der Waals surface area contributed by atoms with E-state index in [1.54, 1.807) is 47.2 Å². The maximum absolute atomic E-state index is 12.6. The van der Waals surface area contributed by atoms with Crippen LogP contribution in [0.2, 0.25) is 0 Å². The molecule has 1 saturated carbocycles. The standard InChI is InChI=1S/C21H21N3O5S2/c25-21-3-1-2-14-24(21)15-16-4-6-17(7-5-16)22-30(26,27)19-10-12-20(13-11-19)31(28,29)23-18-8-9-18/h1-7,10-14,18,22-23H,8-9,15H2. The molecule has 4 rings (SSSR count). The molecular formula is C21H21N3O5S2. The van der Waals surface area contributed by atoms with Gasteiger partial charge in [-0.25, -0.2) is 21.6 Å². The first-order valence-electron chi connectivity index (χ1n) is 9.63. The van der Waals surface area contributed by atoms with E-state index in [9.17, 15) is 21.6 Å². The molecule has 1 aliphatic rings. The van der Waals surface area contributed by atoms with Crippen LogP contribution in [0.25, 0.3) is 0 Å². The molecule has 1 aliphatic carbocycles. The first-order valence-corrected chi connectivity index (χ1v) is 12.6. The van der Waals surface area contributed by atoms with Crippen LogP contribution in [0.5, 0.6) is 0 Å². The number of hydrogen-bond donors (Lipinski definition) is 2. The minimum Gasteiger partial charge on any atom is -0.311 e. The minimum absolute atomic E-state index is 0.0267. The van der Waals surface area contributed by atoms with E-state index in [0.717, 1.165) is 18.4 Å². The zero-order valence-electron chi connectivity index (χ0n) is 16.4. The zero-order chi connectivity index (χ0) is 22.1. The summed E-state index contributed by atoms with van der Waals surface area (Å²) < 4.78 is 56.3. The summed E-state index contributed by atoms with van der Waals surface area (Å²) in [7, 11) is -7.53. The molecule has 1 heterocycles. The van der Waals surface area contributed by atoms with Crippen LogP contribution in [0.1, 0.15) is 18.4 Å². The lowest BCUT2D eigenvalue weighted by Crippen LogP contribution is -2.25. The Morgan fingerprint density at radius 3 is 2.00 bits per heavy atom. The largest absolute Gasteiger partial charge is 0.311 e. The molecule has 1 aromatic heterocycles. The van der Waals surface area contributed by atoms with E-state index >= 15 is 0 Å². The number of anilines is 1. The maximum Gasteiger partial charge on any atom is 0.261 e. The molecule has 162 valence electrons. The molecule has 0 bridgehead atoms. The Bertz CT molecular complexity index is 1340. The van der Waals surface area contributed by atoms with Crippen molar-refractivity contribution < 1.29 is 16.8 Å². The molecule has 0 aliphatic heterocycles. The summed E-state index contributed by atoms with van der Waals surface area (Å²) >= 11 is 0. The van der Waals surface area contributed by atoms with Gasteiger partial charge in [-0.1, -0.05) is 18.2 Å². The number of hydrogen-bond acceptors (Lipinski definition) is 5. The molecule has 0 spiro atoms. The average molecular weight is 460 g/mol. The van der Waals surface area contributed by atoms with Crippen molar-refractivity contribution in [3.05, 3.63) is 88.8 Å². The minimum atomic E-state index is -3.89. The summed E-state index contributed by atoms with van der Waals surface area (Å²) in [5.41, 5.74) is 1.08. The van der Waals surface area contributed by atoms with Gasteiger partial charge in [0.2, 0.25) is 10.0 Å². The Morgan fingerprint density at radius 1 is 0.806 bits per heavy atom. The van der Waals surface area contributed by atoms with Crippen molar-refractivity contribution in [2.75, 3.05) is 4.72 Å². The van der Waals surface area contributed by atoms with Gasteiger partial charge in [0.05, 0.1) is 16.3 Å². The van der Waals surface area contributed by atoms with Gasteiger partial charge in [0.1, 0.15) is 0 Å². The third-order valence-electron chi connectivity index (χ3n) is 4.80. The quantitative estimate of drug-likeness (QED) is 0.536. The zero-order valence-corrected chi connectivity index (χ0v) is 18.1. The summed E-state index contributed by atoms with van der Waals surface area (Å²) in [6, 6.07) is 16.6. The Labute approximate surface area is 180 Å². The van der Waals surface area contributed by atoms with E-state index in [-0.39, 0.29) is 21.4 Å². The Morgan fingerprint density at radius 2 is 1.42 bits per heavy atom.